The molecule has 3 amide bonds. The molecule has 0 aliphatic carbocycles. The molecule has 0 unspecified atom stereocenters. The molecule has 7 heteroatoms. The van der Waals surface area contributed by atoms with Crippen molar-refractivity contribution < 1.29 is 19.1 Å². The van der Waals surface area contributed by atoms with Crippen LogP contribution in [0.25, 0.3) is 0 Å². The summed E-state index contributed by atoms with van der Waals surface area (Å²) < 4.78 is 4.39. The van der Waals surface area contributed by atoms with Crippen LogP contribution >= 0.6 is 11.3 Å². The Morgan fingerprint density at radius 1 is 1.20 bits per heavy atom. The zero-order valence-electron chi connectivity index (χ0n) is 12.1. The molecule has 0 aliphatic rings. The number of rotatable bonds is 3. The van der Waals surface area contributed by atoms with Crippen molar-refractivity contribution in [3.05, 3.63) is 16.0 Å². The number of aryl methyl sites for hydroxylation is 1. The molecule has 0 aliphatic heterocycles. The summed E-state index contributed by atoms with van der Waals surface area (Å²) in [6.45, 7) is 7.14. The van der Waals surface area contributed by atoms with Gasteiger partial charge in [-0.15, -0.1) is 11.3 Å². The first kappa shape index (κ1) is 16.2. The number of anilines is 1. The van der Waals surface area contributed by atoms with Crippen molar-refractivity contribution in [2.24, 2.45) is 5.92 Å². The van der Waals surface area contributed by atoms with Crippen LogP contribution < -0.4 is 10.6 Å². The molecule has 0 bridgehead atoms. The van der Waals surface area contributed by atoms with E-state index in [1.54, 1.807) is 20.8 Å². The summed E-state index contributed by atoms with van der Waals surface area (Å²) in [4.78, 5) is 35.8. The Labute approximate surface area is 121 Å². The molecular weight excluding hydrogens is 280 g/mol. The molecule has 6 nitrogen and oxygen atoms in total. The molecule has 0 atom stereocenters. The minimum absolute atomic E-state index is 0.182. The van der Waals surface area contributed by atoms with Crippen LogP contribution in [0.15, 0.2) is 0 Å². The summed E-state index contributed by atoms with van der Waals surface area (Å²) in [5.41, 5.74) is 1.03. The van der Waals surface area contributed by atoms with E-state index >= 15 is 0 Å². The Bertz CT molecular complexity index is 549. The van der Waals surface area contributed by atoms with E-state index in [-0.39, 0.29) is 11.8 Å². The van der Waals surface area contributed by atoms with Crippen LogP contribution in [0.1, 0.15) is 34.6 Å². The first-order valence-corrected chi connectivity index (χ1v) is 6.89. The van der Waals surface area contributed by atoms with Crippen molar-refractivity contribution in [3.8, 4) is 0 Å². The average molecular weight is 298 g/mol. The van der Waals surface area contributed by atoms with Gasteiger partial charge in [-0.1, -0.05) is 13.8 Å². The number of methoxy groups -OCH3 is 1. The second-order valence-electron chi connectivity index (χ2n) is 4.58. The van der Waals surface area contributed by atoms with E-state index in [0.717, 1.165) is 10.4 Å². The Kier molecular flexibility index (Phi) is 5.26. The highest BCUT2D eigenvalue weighted by Crippen LogP contribution is 2.32. The van der Waals surface area contributed by atoms with E-state index in [0.29, 0.717) is 10.6 Å². The molecule has 0 fully saturated rings. The summed E-state index contributed by atoms with van der Waals surface area (Å²) >= 11 is 1.30. The summed E-state index contributed by atoms with van der Waals surface area (Å²) in [6.07, 6.45) is -0.834. The van der Waals surface area contributed by atoms with Gasteiger partial charge in [0.05, 0.1) is 12.7 Å². The van der Waals surface area contributed by atoms with Gasteiger partial charge in [-0.3, -0.25) is 14.9 Å². The van der Waals surface area contributed by atoms with Crippen molar-refractivity contribution in [1.82, 2.24) is 5.32 Å². The maximum Gasteiger partial charge on any atom is 0.413 e. The van der Waals surface area contributed by atoms with Crippen LogP contribution in [0.3, 0.4) is 0 Å². The van der Waals surface area contributed by atoms with E-state index in [1.165, 1.54) is 18.4 Å². The number of carbonyl (C=O) groups excluding carboxylic acids is 3. The van der Waals surface area contributed by atoms with Crippen LogP contribution in [0.4, 0.5) is 9.80 Å². The van der Waals surface area contributed by atoms with Gasteiger partial charge in [0.1, 0.15) is 5.00 Å². The van der Waals surface area contributed by atoms with Crippen LogP contribution in [0.2, 0.25) is 0 Å². The highest BCUT2D eigenvalue weighted by molar-refractivity contribution is 7.16. The normalized spacial score (nSPS) is 10.3. The van der Waals surface area contributed by atoms with Gasteiger partial charge in [0.2, 0.25) is 5.91 Å². The summed E-state index contributed by atoms with van der Waals surface area (Å²) in [6, 6.07) is 0. The second kappa shape index (κ2) is 6.51. The van der Waals surface area contributed by atoms with Gasteiger partial charge in [-0.2, -0.15) is 0 Å². The van der Waals surface area contributed by atoms with E-state index in [9.17, 15) is 14.4 Å². The third-order valence-electron chi connectivity index (χ3n) is 2.77. The van der Waals surface area contributed by atoms with Crippen molar-refractivity contribution >= 4 is 34.2 Å². The highest BCUT2D eigenvalue weighted by atomic mass is 32.1. The van der Waals surface area contributed by atoms with Gasteiger partial charge in [0, 0.05) is 10.8 Å². The van der Waals surface area contributed by atoms with Gasteiger partial charge in [0.15, 0.2) is 0 Å². The minimum Gasteiger partial charge on any atom is -0.453 e. The minimum atomic E-state index is -0.834. The van der Waals surface area contributed by atoms with Gasteiger partial charge < -0.3 is 10.1 Å². The molecule has 0 aromatic carbocycles. The predicted molar refractivity (Wildman–Crippen MR) is 77.1 cm³/mol. The standard InChI is InChI=1S/C13H18N2O4S/c1-6(2)10(16)14-12-9(7(3)8(4)20-12)11(17)15-13(18)19-5/h6H,1-5H3,(H,14,16)(H,15,17,18). The monoisotopic (exact) mass is 298 g/mol. The third-order valence-corrected chi connectivity index (χ3v) is 3.90. The smallest absolute Gasteiger partial charge is 0.413 e. The lowest BCUT2D eigenvalue weighted by Crippen LogP contribution is -2.31. The van der Waals surface area contributed by atoms with Crippen molar-refractivity contribution in [1.29, 1.82) is 0 Å². The average Bonchev–Trinajstić information content (AvgIpc) is 2.64. The highest BCUT2D eigenvalue weighted by Gasteiger charge is 2.23. The largest absolute Gasteiger partial charge is 0.453 e. The lowest BCUT2D eigenvalue weighted by atomic mass is 10.1. The Morgan fingerprint density at radius 2 is 1.80 bits per heavy atom. The SMILES string of the molecule is COC(=O)NC(=O)c1c(NC(=O)C(C)C)sc(C)c1C. The number of hydrogen-bond donors (Lipinski definition) is 2. The number of thiophene rings is 1. The molecule has 20 heavy (non-hydrogen) atoms. The number of carbonyl (C=O) groups is 3. The molecule has 1 heterocycles. The van der Waals surface area contributed by atoms with Crippen LogP contribution in [-0.4, -0.2) is 25.0 Å². The van der Waals surface area contributed by atoms with Crippen molar-refractivity contribution in [3.63, 3.8) is 0 Å². The first-order valence-electron chi connectivity index (χ1n) is 6.08. The van der Waals surface area contributed by atoms with Crippen molar-refractivity contribution in [2.45, 2.75) is 27.7 Å². The predicted octanol–water partition coefficient (Wildman–Crippen LogP) is 2.46. The lowest BCUT2D eigenvalue weighted by molar-refractivity contribution is -0.118. The van der Waals surface area contributed by atoms with Crippen molar-refractivity contribution in [2.75, 3.05) is 12.4 Å². The fraction of sp³-hybridized carbons (Fsp3) is 0.462. The summed E-state index contributed by atoms with van der Waals surface area (Å²) in [7, 11) is 1.18. The molecule has 0 saturated heterocycles. The van der Waals surface area contributed by atoms with E-state index in [4.69, 9.17) is 0 Å². The fourth-order valence-electron chi connectivity index (χ4n) is 1.45. The maximum absolute atomic E-state index is 12.1. The maximum atomic E-state index is 12.1. The summed E-state index contributed by atoms with van der Waals surface area (Å²) in [5.74, 6) is -0.967. The lowest BCUT2D eigenvalue weighted by Gasteiger charge is -2.09. The van der Waals surface area contributed by atoms with Crippen LogP contribution in [-0.2, 0) is 9.53 Å². The molecular formula is C13H18N2O4S. The number of hydrogen-bond acceptors (Lipinski definition) is 5. The van der Waals surface area contributed by atoms with Gasteiger partial charge in [0.25, 0.3) is 5.91 Å². The number of imide groups is 1. The number of nitrogens with one attached hydrogen (secondary N) is 2. The molecule has 1 aromatic rings. The van der Waals surface area contributed by atoms with Gasteiger partial charge in [-0.05, 0) is 19.4 Å². The quantitative estimate of drug-likeness (QED) is 0.897. The van der Waals surface area contributed by atoms with E-state index in [1.807, 2.05) is 6.92 Å². The molecule has 0 saturated carbocycles. The molecule has 110 valence electrons. The summed E-state index contributed by atoms with van der Waals surface area (Å²) in [5, 5.41) is 5.25. The zero-order valence-corrected chi connectivity index (χ0v) is 12.9. The zero-order chi connectivity index (χ0) is 15.4. The Morgan fingerprint density at radius 3 is 2.30 bits per heavy atom. The van der Waals surface area contributed by atoms with Crippen LogP contribution in [0.5, 0.6) is 0 Å². The molecule has 1 aromatic heterocycles. The molecule has 1 rings (SSSR count). The topological polar surface area (TPSA) is 84.5 Å². The fourth-order valence-corrected chi connectivity index (χ4v) is 2.51. The molecule has 0 spiro atoms. The molecule has 2 N–H and O–H groups in total. The van der Waals surface area contributed by atoms with E-state index in [2.05, 4.69) is 15.4 Å². The third kappa shape index (κ3) is 3.57. The Balaban J connectivity index is 3.08. The van der Waals surface area contributed by atoms with Gasteiger partial charge >= 0.3 is 6.09 Å². The number of ether oxygens (including phenoxy) is 1. The first-order chi connectivity index (χ1) is 9.27. The molecule has 0 radical (unpaired) electrons. The van der Waals surface area contributed by atoms with Gasteiger partial charge in [-0.25, -0.2) is 4.79 Å². The van der Waals surface area contributed by atoms with E-state index < -0.39 is 12.0 Å². The number of alkyl carbamates (subject to hydrolysis) is 1. The van der Waals surface area contributed by atoms with Crippen LogP contribution in [0, 0.1) is 19.8 Å². The second-order valence-corrected chi connectivity index (χ2v) is 5.80. The Hall–Kier alpha value is -1.89. The number of amides is 3.